The Morgan fingerprint density at radius 3 is 2.10 bits per heavy atom. The van der Waals surface area contributed by atoms with Gasteiger partial charge in [0.05, 0.1) is 0 Å². The smallest absolute Gasteiger partial charge is 0.231 e. The van der Waals surface area contributed by atoms with E-state index in [1.54, 1.807) is 0 Å². The molecule has 1 saturated carbocycles. The molecule has 1 aliphatic carbocycles. The molecule has 0 amide bonds. The fraction of sp³-hybridized carbons (Fsp3) is 0.786. The van der Waals surface area contributed by atoms with Gasteiger partial charge in [0.15, 0.2) is 0 Å². The summed E-state index contributed by atoms with van der Waals surface area (Å²) in [4.78, 5) is 16.9. The number of halogens is 1. The quantitative estimate of drug-likeness (QED) is 0.858. The predicted octanol–water partition coefficient (Wildman–Crippen LogP) is 3.00. The Balaban J connectivity index is 2.15. The van der Waals surface area contributed by atoms with Crippen molar-refractivity contribution >= 4 is 23.5 Å². The molecule has 0 saturated heterocycles. The summed E-state index contributed by atoms with van der Waals surface area (Å²) in [6.45, 7) is 4.68. The van der Waals surface area contributed by atoms with Gasteiger partial charge in [0.2, 0.25) is 17.2 Å². The zero-order valence-electron chi connectivity index (χ0n) is 13.0. The van der Waals surface area contributed by atoms with Gasteiger partial charge in [-0.15, -0.1) is 0 Å². The first-order valence-corrected chi connectivity index (χ1v) is 7.48. The van der Waals surface area contributed by atoms with Gasteiger partial charge in [-0.05, 0) is 42.7 Å². The summed E-state index contributed by atoms with van der Waals surface area (Å²) in [5, 5.41) is 0.252. The maximum atomic E-state index is 6.01. The van der Waals surface area contributed by atoms with Crippen LogP contribution in [0, 0.1) is 5.41 Å². The molecule has 0 unspecified atom stereocenters. The molecule has 5 nitrogen and oxygen atoms in total. The van der Waals surface area contributed by atoms with E-state index >= 15 is 0 Å². The molecule has 0 bridgehead atoms. The summed E-state index contributed by atoms with van der Waals surface area (Å²) in [6.07, 6.45) is 4.82. The van der Waals surface area contributed by atoms with Crippen LogP contribution < -0.4 is 9.80 Å². The van der Waals surface area contributed by atoms with E-state index in [2.05, 4.69) is 33.7 Å². The molecule has 1 aromatic rings. The van der Waals surface area contributed by atoms with Crippen LogP contribution in [-0.2, 0) is 0 Å². The number of nitrogens with zero attached hydrogens (tertiary/aromatic N) is 5. The molecule has 0 N–H and O–H groups in total. The maximum absolute atomic E-state index is 6.01. The summed E-state index contributed by atoms with van der Waals surface area (Å²) in [5.74, 6) is 1.27. The highest BCUT2D eigenvalue weighted by Crippen LogP contribution is 2.37. The molecule has 6 heteroatoms. The third-order valence-corrected chi connectivity index (χ3v) is 4.33. The van der Waals surface area contributed by atoms with Crippen molar-refractivity contribution in [3.05, 3.63) is 5.28 Å². The van der Waals surface area contributed by atoms with Crippen molar-refractivity contribution in [3.63, 3.8) is 0 Å². The van der Waals surface area contributed by atoms with E-state index in [1.807, 2.05) is 26.0 Å². The molecule has 20 heavy (non-hydrogen) atoms. The van der Waals surface area contributed by atoms with E-state index < -0.39 is 0 Å². The first kappa shape index (κ1) is 15.3. The molecular weight excluding hydrogens is 274 g/mol. The fourth-order valence-electron chi connectivity index (χ4n) is 2.62. The SMILES string of the molecule is CN(C)c1nc(Cl)nc(N(C)C2CCC(C)(C)CC2)n1. The van der Waals surface area contributed by atoms with E-state index in [4.69, 9.17) is 11.6 Å². The minimum Gasteiger partial charge on any atom is -0.347 e. The summed E-state index contributed by atoms with van der Waals surface area (Å²) in [7, 11) is 5.85. The zero-order chi connectivity index (χ0) is 14.9. The standard InChI is InChI=1S/C14H24ClN5/c1-14(2)8-6-10(7-9-14)20(5)13-17-11(15)16-12(18-13)19(3)4/h10H,6-9H2,1-5H3. The highest BCUT2D eigenvalue weighted by molar-refractivity contribution is 6.28. The molecule has 2 rings (SSSR count). The lowest BCUT2D eigenvalue weighted by atomic mass is 9.75. The van der Waals surface area contributed by atoms with Gasteiger partial charge < -0.3 is 9.80 Å². The summed E-state index contributed by atoms with van der Waals surface area (Å²) < 4.78 is 0. The number of hydrogen-bond acceptors (Lipinski definition) is 5. The van der Waals surface area contributed by atoms with Gasteiger partial charge in [-0.1, -0.05) is 13.8 Å². The van der Waals surface area contributed by atoms with Crippen molar-refractivity contribution < 1.29 is 0 Å². The molecule has 0 atom stereocenters. The number of aromatic nitrogens is 3. The van der Waals surface area contributed by atoms with Gasteiger partial charge in [-0.2, -0.15) is 15.0 Å². The highest BCUT2D eigenvalue weighted by Gasteiger charge is 2.30. The lowest BCUT2D eigenvalue weighted by Crippen LogP contribution is -2.38. The largest absolute Gasteiger partial charge is 0.347 e. The van der Waals surface area contributed by atoms with Crippen LogP contribution in [-0.4, -0.2) is 42.1 Å². The van der Waals surface area contributed by atoms with Crippen molar-refractivity contribution in [1.82, 2.24) is 15.0 Å². The topological polar surface area (TPSA) is 45.2 Å². The number of rotatable bonds is 3. The summed E-state index contributed by atoms with van der Waals surface area (Å²) >= 11 is 6.01. The first-order valence-electron chi connectivity index (χ1n) is 7.10. The van der Waals surface area contributed by atoms with Gasteiger partial charge in [-0.25, -0.2) is 0 Å². The molecule has 1 fully saturated rings. The predicted molar refractivity (Wildman–Crippen MR) is 83.6 cm³/mol. The molecule has 1 aromatic heterocycles. The molecule has 0 aromatic carbocycles. The van der Waals surface area contributed by atoms with Crippen LogP contribution in [0.1, 0.15) is 39.5 Å². The molecule has 112 valence electrons. The molecule has 1 heterocycles. The van der Waals surface area contributed by atoms with Crippen molar-refractivity contribution in [3.8, 4) is 0 Å². The van der Waals surface area contributed by atoms with Gasteiger partial charge in [0.1, 0.15) is 0 Å². The molecular formula is C14H24ClN5. The second-order valence-corrected chi connectivity index (χ2v) is 6.94. The monoisotopic (exact) mass is 297 g/mol. The van der Waals surface area contributed by atoms with Crippen LogP contribution in [0.3, 0.4) is 0 Å². The van der Waals surface area contributed by atoms with E-state index in [0.717, 1.165) is 0 Å². The molecule has 0 radical (unpaired) electrons. The Hall–Kier alpha value is -1.10. The van der Waals surface area contributed by atoms with Gasteiger partial charge in [-0.3, -0.25) is 0 Å². The maximum Gasteiger partial charge on any atom is 0.231 e. The highest BCUT2D eigenvalue weighted by atomic mass is 35.5. The van der Waals surface area contributed by atoms with Crippen molar-refractivity contribution in [1.29, 1.82) is 0 Å². The first-order chi connectivity index (χ1) is 9.28. The van der Waals surface area contributed by atoms with Crippen LogP contribution >= 0.6 is 11.6 Å². The third kappa shape index (κ3) is 3.51. The van der Waals surface area contributed by atoms with E-state index in [9.17, 15) is 0 Å². The minimum absolute atomic E-state index is 0.252. The summed E-state index contributed by atoms with van der Waals surface area (Å²) in [6, 6.07) is 0.483. The van der Waals surface area contributed by atoms with Crippen LogP contribution in [0.5, 0.6) is 0 Å². The lowest BCUT2D eigenvalue weighted by Gasteiger charge is -2.38. The zero-order valence-corrected chi connectivity index (χ0v) is 13.8. The Labute approximate surface area is 126 Å². The van der Waals surface area contributed by atoms with Crippen molar-refractivity contribution in [2.24, 2.45) is 5.41 Å². The van der Waals surface area contributed by atoms with Crippen LogP contribution in [0.15, 0.2) is 0 Å². The van der Waals surface area contributed by atoms with Crippen molar-refractivity contribution in [2.75, 3.05) is 30.9 Å². The normalized spacial score (nSPS) is 18.9. The second-order valence-electron chi connectivity index (χ2n) is 6.61. The summed E-state index contributed by atoms with van der Waals surface area (Å²) in [5.41, 5.74) is 0.461. The van der Waals surface area contributed by atoms with Crippen LogP contribution in [0.25, 0.3) is 0 Å². The fourth-order valence-corrected chi connectivity index (χ4v) is 2.77. The minimum atomic E-state index is 0.252. The Kier molecular flexibility index (Phi) is 4.37. The number of anilines is 2. The average Bonchev–Trinajstić information content (AvgIpc) is 2.37. The average molecular weight is 298 g/mol. The van der Waals surface area contributed by atoms with Crippen LogP contribution in [0.2, 0.25) is 5.28 Å². The molecule has 0 aliphatic heterocycles. The third-order valence-electron chi connectivity index (χ3n) is 4.16. The lowest BCUT2D eigenvalue weighted by molar-refractivity contribution is 0.222. The number of hydrogen-bond donors (Lipinski definition) is 0. The second kappa shape index (κ2) is 5.72. The van der Waals surface area contributed by atoms with Gasteiger partial charge in [0.25, 0.3) is 0 Å². The van der Waals surface area contributed by atoms with Gasteiger partial charge in [0, 0.05) is 27.2 Å². The van der Waals surface area contributed by atoms with Crippen molar-refractivity contribution in [2.45, 2.75) is 45.6 Å². The van der Waals surface area contributed by atoms with Gasteiger partial charge >= 0.3 is 0 Å². The van der Waals surface area contributed by atoms with E-state index in [1.165, 1.54) is 25.7 Å². The molecule has 0 spiro atoms. The Morgan fingerprint density at radius 1 is 1.00 bits per heavy atom. The Morgan fingerprint density at radius 2 is 1.55 bits per heavy atom. The van der Waals surface area contributed by atoms with E-state index in [-0.39, 0.29) is 5.28 Å². The van der Waals surface area contributed by atoms with Crippen LogP contribution in [0.4, 0.5) is 11.9 Å². The molecule has 1 aliphatic rings. The Bertz CT molecular complexity index is 465. The van der Waals surface area contributed by atoms with E-state index in [0.29, 0.717) is 23.4 Å².